The van der Waals surface area contributed by atoms with Crippen LogP contribution in [-0.2, 0) is 13.0 Å². The minimum absolute atomic E-state index is 0.0660. The molecule has 1 aromatic carbocycles. The fourth-order valence-corrected chi connectivity index (χ4v) is 6.05. The first-order chi connectivity index (χ1) is 13.1. The first-order valence-corrected chi connectivity index (χ1v) is 10.5. The molecule has 5 rings (SSSR count). The number of aliphatic hydroxyl groups is 1. The Balaban J connectivity index is 1.78. The van der Waals surface area contributed by atoms with E-state index in [1.165, 1.54) is 0 Å². The number of rotatable bonds is 4. The summed E-state index contributed by atoms with van der Waals surface area (Å²) in [6.07, 6.45) is 4.85. The van der Waals surface area contributed by atoms with Crippen molar-refractivity contribution in [1.82, 2.24) is 0 Å². The Hall–Kier alpha value is -1.75. The van der Waals surface area contributed by atoms with Crippen LogP contribution in [0.1, 0.15) is 81.3 Å². The monoisotopic (exact) mass is 388 g/mol. The van der Waals surface area contributed by atoms with Crippen LogP contribution in [0.25, 0.3) is 0 Å². The van der Waals surface area contributed by atoms with E-state index in [4.69, 9.17) is 4.74 Å². The fourth-order valence-electron chi connectivity index (χ4n) is 6.05. The van der Waals surface area contributed by atoms with Gasteiger partial charge in [0.1, 0.15) is 28.4 Å². The lowest BCUT2D eigenvalue weighted by Crippen LogP contribution is -2.64. The third kappa shape index (κ3) is 2.58. The van der Waals surface area contributed by atoms with E-state index in [0.29, 0.717) is 23.7 Å². The maximum Gasteiger partial charge on any atom is 0.170 e. The van der Waals surface area contributed by atoms with Gasteiger partial charge in [-0.2, -0.15) is 0 Å². The van der Waals surface area contributed by atoms with Gasteiger partial charge in [0.25, 0.3) is 0 Å². The summed E-state index contributed by atoms with van der Waals surface area (Å²) in [5.41, 5.74) is 0.643. The van der Waals surface area contributed by atoms with Crippen LogP contribution < -0.4 is 4.74 Å². The molecule has 5 heteroatoms. The average molecular weight is 389 g/mol. The van der Waals surface area contributed by atoms with Gasteiger partial charge >= 0.3 is 0 Å². The summed E-state index contributed by atoms with van der Waals surface area (Å²) < 4.78 is 6.55. The number of ether oxygens (including phenoxy) is 1. The molecule has 2 bridgehead atoms. The third-order valence-corrected chi connectivity index (χ3v) is 7.75. The molecule has 3 saturated carbocycles. The van der Waals surface area contributed by atoms with Gasteiger partial charge in [0.15, 0.2) is 5.78 Å². The highest BCUT2D eigenvalue weighted by Gasteiger charge is 2.63. The van der Waals surface area contributed by atoms with Gasteiger partial charge in [0, 0.05) is 17.9 Å². The van der Waals surface area contributed by atoms with Crippen LogP contribution in [0.3, 0.4) is 0 Å². The minimum Gasteiger partial charge on any atom is -0.507 e. The summed E-state index contributed by atoms with van der Waals surface area (Å²) in [5, 5.41) is 31.6. The van der Waals surface area contributed by atoms with Crippen molar-refractivity contribution in [3.63, 3.8) is 0 Å². The van der Waals surface area contributed by atoms with Gasteiger partial charge in [-0.05, 0) is 49.4 Å². The van der Waals surface area contributed by atoms with E-state index in [2.05, 4.69) is 13.8 Å². The number of carbonyl (C=O) groups excluding carboxylic acids is 1. The summed E-state index contributed by atoms with van der Waals surface area (Å²) in [6, 6.07) is 0. The molecule has 3 aliphatic carbocycles. The molecule has 3 unspecified atom stereocenters. The van der Waals surface area contributed by atoms with Crippen LogP contribution in [0.15, 0.2) is 0 Å². The van der Waals surface area contributed by atoms with Gasteiger partial charge in [-0.25, -0.2) is 0 Å². The van der Waals surface area contributed by atoms with Gasteiger partial charge in [0.2, 0.25) is 0 Å². The first kappa shape index (κ1) is 19.6. The highest BCUT2D eigenvalue weighted by Crippen LogP contribution is 2.66. The smallest absolute Gasteiger partial charge is 0.170 e. The van der Waals surface area contributed by atoms with Gasteiger partial charge in [-0.3, -0.25) is 4.79 Å². The Labute approximate surface area is 166 Å². The van der Waals surface area contributed by atoms with Gasteiger partial charge in [-0.1, -0.05) is 27.7 Å². The van der Waals surface area contributed by atoms with E-state index in [-0.39, 0.29) is 51.8 Å². The van der Waals surface area contributed by atoms with Crippen molar-refractivity contribution in [1.29, 1.82) is 0 Å². The zero-order chi connectivity index (χ0) is 20.4. The molecule has 28 heavy (non-hydrogen) atoms. The Morgan fingerprint density at radius 2 is 1.93 bits per heavy atom. The molecule has 0 aromatic heterocycles. The molecule has 154 valence electrons. The number of aromatic hydroxyl groups is 2. The molecule has 4 aliphatic rings. The number of phenolic OH excluding ortho intramolecular Hbond substituents is 1. The maximum absolute atomic E-state index is 12.6. The zero-order valence-corrected chi connectivity index (χ0v) is 17.3. The number of ketones is 1. The van der Waals surface area contributed by atoms with Gasteiger partial charge in [-0.15, -0.1) is 0 Å². The highest BCUT2D eigenvalue weighted by atomic mass is 16.5. The Morgan fingerprint density at radius 3 is 2.50 bits per heavy atom. The summed E-state index contributed by atoms with van der Waals surface area (Å²) in [5.74, 6) is 0.868. The van der Waals surface area contributed by atoms with E-state index >= 15 is 0 Å². The molecule has 1 aliphatic heterocycles. The molecular weight excluding hydrogens is 356 g/mol. The fraction of sp³-hybridized carbons (Fsp3) is 0.696. The second-order valence-corrected chi connectivity index (χ2v) is 10.0. The van der Waals surface area contributed by atoms with Crippen molar-refractivity contribution in [3.8, 4) is 17.2 Å². The van der Waals surface area contributed by atoms with Crippen molar-refractivity contribution < 1.29 is 24.9 Å². The van der Waals surface area contributed by atoms with Crippen molar-refractivity contribution in [2.75, 3.05) is 0 Å². The lowest BCUT2D eigenvalue weighted by molar-refractivity contribution is -0.195. The predicted molar refractivity (Wildman–Crippen MR) is 106 cm³/mol. The van der Waals surface area contributed by atoms with Crippen LogP contribution in [0.5, 0.6) is 17.2 Å². The number of fused-ring (bicyclic) bond motifs is 2. The largest absolute Gasteiger partial charge is 0.507 e. The van der Waals surface area contributed by atoms with Crippen molar-refractivity contribution in [2.24, 2.45) is 23.2 Å². The molecule has 1 heterocycles. The van der Waals surface area contributed by atoms with Crippen molar-refractivity contribution in [3.05, 3.63) is 16.7 Å². The van der Waals surface area contributed by atoms with Crippen LogP contribution in [0.2, 0.25) is 0 Å². The minimum atomic E-state index is -0.427. The quantitative estimate of drug-likeness (QED) is 0.668. The molecule has 0 saturated heterocycles. The molecule has 1 aromatic rings. The second kappa shape index (κ2) is 6.38. The van der Waals surface area contributed by atoms with Crippen LogP contribution in [-0.4, -0.2) is 26.7 Å². The van der Waals surface area contributed by atoms with Gasteiger partial charge < -0.3 is 20.1 Å². The molecule has 3 atom stereocenters. The van der Waals surface area contributed by atoms with E-state index in [0.717, 1.165) is 31.6 Å². The Kier molecular flexibility index (Phi) is 4.46. The van der Waals surface area contributed by atoms with Gasteiger partial charge in [0.05, 0.1) is 12.2 Å². The Bertz CT molecular complexity index is 800. The van der Waals surface area contributed by atoms with Crippen molar-refractivity contribution >= 4 is 5.78 Å². The van der Waals surface area contributed by atoms with E-state index in [9.17, 15) is 20.1 Å². The number of carbonyl (C=O) groups is 1. The van der Waals surface area contributed by atoms with E-state index < -0.39 is 6.61 Å². The summed E-state index contributed by atoms with van der Waals surface area (Å²) in [6.45, 7) is 8.02. The molecule has 3 fully saturated rings. The number of benzene rings is 1. The molecule has 5 nitrogen and oxygen atoms in total. The second-order valence-electron chi connectivity index (χ2n) is 10.0. The van der Waals surface area contributed by atoms with Crippen LogP contribution >= 0.6 is 0 Å². The normalized spacial score (nSPS) is 29.9. The van der Waals surface area contributed by atoms with Crippen LogP contribution in [0, 0.1) is 23.2 Å². The predicted octanol–water partition coefficient (Wildman–Crippen LogP) is 4.34. The number of hydrogen-bond acceptors (Lipinski definition) is 5. The molecule has 0 amide bonds. The van der Waals surface area contributed by atoms with E-state index in [1.807, 2.05) is 13.8 Å². The van der Waals surface area contributed by atoms with E-state index in [1.54, 1.807) is 0 Å². The highest BCUT2D eigenvalue weighted by molar-refractivity contribution is 6.02. The summed E-state index contributed by atoms with van der Waals surface area (Å²) >= 11 is 0. The van der Waals surface area contributed by atoms with Crippen molar-refractivity contribution in [2.45, 2.75) is 78.4 Å². The molecule has 0 radical (unpaired) electrons. The molecular formula is C23H32O5. The lowest BCUT2D eigenvalue weighted by Gasteiger charge is -2.65. The molecule has 1 spiro atoms. The summed E-state index contributed by atoms with van der Waals surface area (Å²) in [4.78, 5) is 12.6. The van der Waals surface area contributed by atoms with Crippen LogP contribution in [0.4, 0.5) is 0 Å². The number of hydrogen-bond donors (Lipinski definition) is 3. The molecule has 3 N–H and O–H groups in total. The first-order valence-electron chi connectivity index (χ1n) is 10.5. The standard InChI is InChI=1S/C23H32O5/c1-12(2)9-16(25)18-19(26)14-6-8-23(28-21(14)15(11-24)20(18)27)7-5-13-10-17(23)22(13,3)4/h12-13,17,24,26-27H,5-11H2,1-4H3. The Morgan fingerprint density at radius 1 is 1.21 bits per heavy atom. The number of Topliss-reactive ketones (excluding diaryl/α,β-unsaturated/α-hetero) is 1. The third-order valence-electron chi connectivity index (χ3n) is 7.75. The average Bonchev–Trinajstić information content (AvgIpc) is 2.61. The number of aliphatic hydroxyl groups excluding tert-OH is 1. The zero-order valence-electron chi connectivity index (χ0n) is 17.3. The summed E-state index contributed by atoms with van der Waals surface area (Å²) in [7, 11) is 0. The maximum atomic E-state index is 12.6. The number of phenols is 2. The lowest BCUT2D eigenvalue weighted by atomic mass is 9.43. The SMILES string of the molecule is CC(C)CC(=O)c1c(O)c(CO)c2c(c1O)CCC1(CCC3CC1C3(C)C)O2. The topological polar surface area (TPSA) is 87.0 Å².